The van der Waals surface area contributed by atoms with Crippen LogP contribution in [0.2, 0.25) is 0 Å². The second kappa shape index (κ2) is 4.55. The van der Waals surface area contributed by atoms with Crippen molar-refractivity contribution in [3.63, 3.8) is 0 Å². The van der Waals surface area contributed by atoms with Crippen LogP contribution in [-0.2, 0) is 15.9 Å². The molecular weight excluding hydrogens is 196 g/mol. The molecule has 0 amide bonds. The van der Waals surface area contributed by atoms with Crippen molar-refractivity contribution < 1.29 is 9.47 Å². The highest BCUT2D eigenvalue weighted by Crippen LogP contribution is 2.11. The summed E-state index contributed by atoms with van der Waals surface area (Å²) in [6.45, 7) is 3.13. The number of hydrogen-bond donors (Lipinski definition) is 1. The van der Waals surface area contributed by atoms with Crippen molar-refractivity contribution in [2.45, 2.75) is 26.1 Å². The van der Waals surface area contributed by atoms with Gasteiger partial charge in [-0.05, 0) is 13.3 Å². The average molecular weight is 210 g/mol. The number of hydrogen-bond acceptors (Lipinski definition) is 4. The van der Waals surface area contributed by atoms with Crippen LogP contribution in [0.15, 0.2) is 11.1 Å². The standard InChI is InChI=1S/C10H14N2O3/c1-7-8(10(13)12-6-11-7)2-3-9-14-4-5-15-9/h6,9H,2-5H2,1H3,(H,11,12,13). The Morgan fingerprint density at radius 3 is 2.93 bits per heavy atom. The number of rotatable bonds is 3. The van der Waals surface area contributed by atoms with Crippen LogP contribution in [0.3, 0.4) is 0 Å². The molecule has 0 aromatic carbocycles. The zero-order chi connectivity index (χ0) is 10.7. The van der Waals surface area contributed by atoms with E-state index in [4.69, 9.17) is 9.47 Å². The van der Waals surface area contributed by atoms with Crippen LogP contribution in [0, 0.1) is 6.92 Å². The maximum atomic E-state index is 11.5. The van der Waals surface area contributed by atoms with Crippen LogP contribution in [0.1, 0.15) is 17.7 Å². The van der Waals surface area contributed by atoms with Gasteiger partial charge in [-0.2, -0.15) is 0 Å². The fourth-order valence-corrected chi connectivity index (χ4v) is 1.65. The maximum absolute atomic E-state index is 11.5. The van der Waals surface area contributed by atoms with Gasteiger partial charge in [-0.3, -0.25) is 4.79 Å². The van der Waals surface area contributed by atoms with E-state index in [1.165, 1.54) is 6.33 Å². The zero-order valence-corrected chi connectivity index (χ0v) is 8.66. The van der Waals surface area contributed by atoms with E-state index in [1.807, 2.05) is 6.92 Å². The summed E-state index contributed by atoms with van der Waals surface area (Å²) in [7, 11) is 0. The lowest BCUT2D eigenvalue weighted by Gasteiger charge is -2.08. The van der Waals surface area contributed by atoms with Gasteiger partial charge in [-0.25, -0.2) is 4.98 Å². The Bertz CT molecular complexity index is 382. The van der Waals surface area contributed by atoms with Crippen LogP contribution >= 0.6 is 0 Å². The third-order valence-corrected chi connectivity index (χ3v) is 2.49. The highest BCUT2D eigenvalue weighted by Gasteiger charge is 2.16. The van der Waals surface area contributed by atoms with Gasteiger partial charge in [0.1, 0.15) is 0 Å². The number of aryl methyl sites for hydroxylation is 1. The third kappa shape index (κ3) is 2.43. The Balaban J connectivity index is 2.01. The lowest BCUT2D eigenvalue weighted by atomic mass is 10.1. The minimum absolute atomic E-state index is 0.0690. The van der Waals surface area contributed by atoms with Gasteiger partial charge >= 0.3 is 0 Å². The summed E-state index contributed by atoms with van der Waals surface area (Å²) in [5.74, 6) is 0. The molecule has 1 aliphatic rings. The van der Waals surface area contributed by atoms with Gasteiger partial charge in [0.05, 0.1) is 19.5 Å². The van der Waals surface area contributed by atoms with Gasteiger partial charge in [-0.15, -0.1) is 0 Å². The largest absolute Gasteiger partial charge is 0.350 e. The molecule has 0 unspecified atom stereocenters. The molecule has 0 bridgehead atoms. The summed E-state index contributed by atoms with van der Waals surface area (Å²) >= 11 is 0. The Morgan fingerprint density at radius 2 is 2.27 bits per heavy atom. The van der Waals surface area contributed by atoms with E-state index in [1.54, 1.807) is 0 Å². The molecule has 0 aliphatic carbocycles. The van der Waals surface area contributed by atoms with E-state index < -0.39 is 0 Å². The molecule has 2 rings (SSSR count). The van der Waals surface area contributed by atoms with Gasteiger partial charge in [0.25, 0.3) is 5.56 Å². The van der Waals surface area contributed by atoms with E-state index in [0.29, 0.717) is 26.1 Å². The summed E-state index contributed by atoms with van der Waals surface area (Å²) in [6, 6.07) is 0. The summed E-state index contributed by atoms with van der Waals surface area (Å²) in [6.07, 6.45) is 2.60. The van der Waals surface area contributed by atoms with Crippen molar-refractivity contribution >= 4 is 0 Å². The van der Waals surface area contributed by atoms with Crippen molar-refractivity contribution in [3.05, 3.63) is 27.9 Å². The number of H-pyrrole nitrogens is 1. The number of nitrogens with zero attached hydrogens (tertiary/aromatic N) is 1. The summed E-state index contributed by atoms with van der Waals surface area (Å²) in [5, 5.41) is 0. The maximum Gasteiger partial charge on any atom is 0.254 e. The molecule has 15 heavy (non-hydrogen) atoms. The minimum atomic E-state index is -0.163. The van der Waals surface area contributed by atoms with E-state index in [2.05, 4.69) is 9.97 Å². The molecule has 1 N–H and O–H groups in total. The normalized spacial score (nSPS) is 17.1. The number of nitrogens with one attached hydrogen (secondary N) is 1. The second-order valence-corrected chi connectivity index (χ2v) is 3.51. The number of aromatic nitrogens is 2. The molecule has 5 nitrogen and oxygen atoms in total. The topological polar surface area (TPSA) is 64.2 Å². The summed E-state index contributed by atoms with van der Waals surface area (Å²) in [4.78, 5) is 18.1. The van der Waals surface area contributed by atoms with Crippen LogP contribution in [0.4, 0.5) is 0 Å². The number of aromatic amines is 1. The lowest BCUT2D eigenvalue weighted by molar-refractivity contribution is -0.0462. The summed E-state index contributed by atoms with van der Waals surface area (Å²) in [5.41, 5.74) is 1.42. The monoisotopic (exact) mass is 210 g/mol. The van der Waals surface area contributed by atoms with Gasteiger partial charge in [0, 0.05) is 17.7 Å². The predicted molar refractivity (Wildman–Crippen MR) is 53.6 cm³/mol. The van der Waals surface area contributed by atoms with E-state index in [0.717, 1.165) is 11.3 Å². The summed E-state index contributed by atoms with van der Waals surface area (Å²) < 4.78 is 10.6. The SMILES string of the molecule is Cc1nc[nH]c(=O)c1CCC1OCCO1. The van der Waals surface area contributed by atoms with Crippen LogP contribution in [0.25, 0.3) is 0 Å². The Morgan fingerprint density at radius 1 is 1.53 bits per heavy atom. The first-order valence-electron chi connectivity index (χ1n) is 5.04. The van der Waals surface area contributed by atoms with Crippen LogP contribution in [0.5, 0.6) is 0 Å². The van der Waals surface area contributed by atoms with Crippen molar-refractivity contribution in [3.8, 4) is 0 Å². The molecule has 1 aliphatic heterocycles. The fourth-order valence-electron chi connectivity index (χ4n) is 1.65. The zero-order valence-electron chi connectivity index (χ0n) is 8.66. The second-order valence-electron chi connectivity index (χ2n) is 3.51. The van der Waals surface area contributed by atoms with Crippen molar-refractivity contribution in [1.29, 1.82) is 0 Å². The molecule has 0 radical (unpaired) electrons. The Kier molecular flexibility index (Phi) is 3.13. The number of ether oxygens (including phenoxy) is 2. The molecule has 0 spiro atoms. The molecular formula is C10H14N2O3. The smallest absolute Gasteiger partial charge is 0.254 e. The highest BCUT2D eigenvalue weighted by molar-refractivity contribution is 5.14. The minimum Gasteiger partial charge on any atom is -0.350 e. The first-order valence-corrected chi connectivity index (χ1v) is 5.04. The molecule has 2 heterocycles. The third-order valence-electron chi connectivity index (χ3n) is 2.49. The first kappa shape index (κ1) is 10.3. The van der Waals surface area contributed by atoms with Gasteiger partial charge < -0.3 is 14.5 Å². The van der Waals surface area contributed by atoms with Crippen molar-refractivity contribution in [1.82, 2.24) is 9.97 Å². The Hall–Kier alpha value is -1.20. The molecule has 82 valence electrons. The van der Waals surface area contributed by atoms with Crippen molar-refractivity contribution in [2.75, 3.05) is 13.2 Å². The Labute approximate surface area is 87.4 Å². The average Bonchev–Trinajstić information content (AvgIpc) is 2.70. The predicted octanol–water partition coefficient (Wildman–Crippen LogP) is 0.384. The molecule has 1 fully saturated rings. The van der Waals surface area contributed by atoms with Crippen molar-refractivity contribution in [2.24, 2.45) is 0 Å². The molecule has 0 saturated carbocycles. The molecule has 1 aromatic rings. The van der Waals surface area contributed by atoms with E-state index >= 15 is 0 Å². The van der Waals surface area contributed by atoms with Gasteiger partial charge in [-0.1, -0.05) is 0 Å². The quantitative estimate of drug-likeness (QED) is 0.783. The van der Waals surface area contributed by atoms with Gasteiger partial charge in [0.2, 0.25) is 0 Å². The van der Waals surface area contributed by atoms with E-state index in [9.17, 15) is 4.79 Å². The van der Waals surface area contributed by atoms with E-state index in [-0.39, 0.29) is 11.8 Å². The molecule has 5 heteroatoms. The lowest BCUT2D eigenvalue weighted by Crippen LogP contribution is -2.18. The molecule has 1 saturated heterocycles. The fraction of sp³-hybridized carbons (Fsp3) is 0.600. The van der Waals surface area contributed by atoms with Crippen LogP contribution < -0.4 is 5.56 Å². The van der Waals surface area contributed by atoms with Gasteiger partial charge in [0.15, 0.2) is 6.29 Å². The molecule has 1 aromatic heterocycles. The first-order chi connectivity index (χ1) is 7.27. The highest BCUT2D eigenvalue weighted by atomic mass is 16.7. The van der Waals surface area contributed by atoms with Crippen LogP contribution in [-0.4, -0.2) is 29.5 Å². The molecule has 0 atom stereocenters.